The summed E-state index contributed by atoms with van der Waals surface area (Å²) in [5.74, 6) is -2.20. The number of benzene rings is 2. The highest BCUT2D eigenvalue weighted by Gasteiger charge is 2.21. The number of para-hydroxylation sites is 1. The van der Waals surface area contributed by atoms with Crippen LogP contribution in [0.3, 0.4) is 0 Å². The van der Waals surface area contributed by atoms with E-state index in [-0.39, 0.29) is 5.56 Å². The number of nitrogens with one attached hydrogen (secondary N) is 1. The molecule has 2 rings (SSSR count). The van der Waals surface area contributed by atoms with Crippen LogP contribution in [-0.2, 0) is 0 Å². The molecule has 1 amide bonds. The molecule has 0 aliphatic heterocycles. The first-order chi connectivity index (χ1) is 9.90. The van der Waals surface area contributed by atoms with Crippen molar-refractivity contribution in [3.63, 3.8) is 0 Å². The van der Waals surface area contributed by atoms with Crippen LogP contribution in [0, 0.1) is 25.3 Å². The number of nitro benzene ring substituents is 1. The Bertz CT molecular complexity index is 737. The number of nitro groups is 1. The molecule has 21 heavy (non-hydrogen) atoms. The Morgan fingerprint density at radius 3 is 2.57 bits per heavy atom. The van der Waals surface area contributed by atoms with Gasteiger partial charge in [0.25, 0.3) is 11.6 Å². The second kappa shape index (κ2) is 6.12. The number of nitrogens with zero attached hydrogens (tertiary/aromatic N) is 1. The molecule has 1 N–H and O–H groups in total. The van der Waals surface area contributed by atoms with Crippen molar-refractivity contribution in [2.24, 2.45) is 0 Å². The van der Waals surface area contributed by atoms with Crippen LogP contribution in [0.5, 0.6) is 0 Å². The average molecular weight is 404 g/mol. The van der Waals surface area contributed by atoms with Crippen molar-refractivity contribution < 1.29 is 18.5 Å². The van der Waals surface area contributed by atoms with Crippen LogP contribution in [0.2, 0.25) is 0 Å². The first-order valence-electron chi connectivity index (χ1n) is 5.59. The molecule has 0 aliphatic carbocycles. The molecule has 8 heteroatoms. The summed E-state index contributed by atoms with van der Waals surface area (Å²) in [5.41, 5.74) is -0.984. The van der Waals surface area contributed by atoms with Crippen molar-refractivity contribution in [3.05, 3.63) is 67.3 Å². The minimum atomic E-state index is -0.922. The van der Waals surface area contributed by atoms with Gasteiger partial charge in [0.2, 0.25) is 0 Å². The van der Waals surface area contributed by atoms with Crippen LogP contribution >= 0.6 is 22.6 Å². The number of halogens is 3. The molecule has 0 atom stereocenters. The fourth-order valence-electron chi connectivity index (χ4n) is 1.64. The molecule has 0 bridgehead atoms. The van der Waals surface area contributed by atoms with E-state index in [1.807, 2.05) is 0 Å². The normalized spacial score (nSPS) is 10.2. The lowest BCUT2D eigenvalue weighted by molar-refractivity contribution is -0.384. The number of amides is 1. The molecular weight excluding hydrogens is 397 g/mol. The van der Waals surface area contributed by atoms with E-state index in [1.165, 1.54) is 12.1 Å². The van der Waals surface area contributed by atoms with Gasteiger partial charge in [-0.15, -0.1) is 0 Å². The Kier molecular flexibility index (Phi) is 4.46. The number of anilines is 1. The Hall–Kier alpha value is -2.10. The number of carbonyl (C=O) groups is 1. The van der Waals surface area contributed by atoms with Crippen molar-refractivity contribution in [1.29, 1.82) is 0 Å². The third-order valence-electron chi connectivity index (χ3n) is 2.60. The minimum absolute atomic E-state index is 0.0922. The number of carbonyl (C=O) groups excluding carboxylic acids is 1. The van der Waals surface area contributed by atoms with E-state index in [0.717, 1.165) is 24.3 Å². The standard InChI is InChI=1S/C13H7F2IN2O3/c14-7-4-5-8(10(16)6-7)13(19)17-12-9(15)2-1-3-11(12)18(20)21/h1-6H,(H,17,19). The Morgan fingerprint density at radius 2 is 1.95 bits per heavy atom. The largest absolute Gasteiger partial charge is 0.314 e. The summed E-state index contributed by atoms with van der Waals surface area (Å²) in [7, 11) is 0. The van der Waals surface area contributed by atoms with Gasteiger partial charge in [-0.05, 0) is 46.9 Å². The first-order valence-corrected chi connectivity index (χ1v) is 6.67. The maximum atomic E-state index is 13.7. The molecule has 0 radical (unpaired) electrons. The summed E-state index contributed by atoms with van der Waals surface area (Å²) < 4.78 is 27.0. The topological polar surface area (TPSA) is 72.2 Å². The zero-order chi connectivity index (χ0) is 15.6. The monoisotopic (exact) mass is 404 g/mol. The smallest absolute Gasteiger partial charge is 0.295 e. The van der Waals surface area contributed by atoms with E-state index in [2.05, 4.69) is 5.32 Å². The van der Waals surface area contributed by atoms with Gasteiger partial charge in [0.15, 0.2) is 11.5 Å². The van der Waals surface area contributed by atoms with E-state index in [0.29, 0.717) is 3.57 Å². The molecule has 0 saturated carbocycles. The quantitative estimate of drug-likeness (QED) is 0.482. The van der Waals surface area contributed by atoms with Gasteiger partial charge in [-0.2, -0.15) is 0 Å². The molecule has 0 unspecified atom stereocenters. The second-order valence-electron chi connectivity index (χ2n) is 3.97. The van der Waals surface area contributed by atoms with Crippen LogP contribution in [0.15, 0.2) is 36.4 Å². The van der Waals surface area contributed by atoms with E-state index < -0.39 is 33.8 Å². The Morgan fingerprint density at radius 1 is 1.24 bits per heavy atom. The molecule has 108 valence electrons. The molecule has 0 aliphatic rings. The third kappa shape index (κ3) is 3.32. The number of hydrogen-bond donors (Lipinski definition) is 1. The highest BCUT2D eigenvalue weighted by Crippen LogP contribution is 2.28. The third-order valence-corrected chi connectivity index (χ3v) is 3.50. The van der Waals surface area contributed by atoms with Crippen LogP contribution < -0.4 is 5.32 Å². The molecule has 0 saturated heterocycles. The summed E-state index contributed by atoms with van der Waals surface area (Å²) >= 11 is 1.75. The zero-order valence-corrected chi connectivity index (χ0v) is 12.4. The molecule has 0 heterocycles. The Labute approximate surface area is 131 Å². The van der Waals surface area contributed by atoms with Crippen molar-refractivity contribution in [2.45, 2.75) is 0 Å². The lowest BCUT2D eigenvalue weighted by Crippen LogP contribution is -2.15. The lowest BCUT2D eigenvalue weighted by atomic mass is 10.2. The predicted octanol–water partition coefficient (Wildman–Crippen LogP) is 3.73. The van der Waals surface area contributed by atoms with Gasteiger partial charge in [0.05, 0.1) is 10.5 Å². The molecule has 0 fully saturated rings. The van der Waals surface area contributed by atoms with Crippen LogP contribution in [0.4, 0.5) is 20.2 Å². The van der Waals surface area contributed by atoms with Gasteiger partial charge in [-0.3, -0.25) is 14.9 Å². The van der Waals surface area contributed by atoms with Crippen LogP contribution in [0.1, 0.15) is 10.4 Å². The molecule has 5 nitrogen and oxygen atoms in total. The maximum absolute atomic E-state index is 13.7. The summed E-state index contributed by atoms with van der Waals surface area (Å²) in [4.78, 5) is 22.1. The zero-order valence-electron chi connectivity index (χ0n) is 10.3. The van der Waals surface area contributed by atoms with E-state index in [9.17, 15) is 23.7 Å². The Balaban J connectivity index is 2.38. The maximum Gasteiger partial charge on any atom is 0.295 e. The van der Waals surface area contributed by atoms with Gasteiger partial charge < -0.3 is 5.32 Å². The van der Waals surface area contributed by atoms with Crippen molar-refractivity contribution in [3.8, 4) is 0 Å². The summed E-state index contributed by atoms with van der Waals surface area (Å²) in [6.45, 7) is 0. The average Bonchev–Trinajstić information content (AvgIpc) is 2.40. The number of rotatable bonds is 3. The van der Waals surface area contributed by atoms with E-state index in [1.54, 1.807) is 22.6 Å². The van der Waals surface area contributed by atoms with Crippen molar-refractivity contribution in [1.82, 2.24) is 0 Å². The molecule has 2 aromatic rings. The lowest BCUT2D eigenvalue weighted by Gasteiger charge is -2.08. The van der Waals surface area contributed by atoms with Gasteiger partial charge in [-0.25, -0.2) is 8.78 Å². The summed E-state index contributed by atoms with van der Waals surface area (Å²) in [6.07, 6.45) is 0. The molecule has 0 aromatic heterocycles. The molecule has 2 aromatic carbocycles. The van der Waals surface area contributed by atoms with Crippen molar-refractivity contribution in [2.75, 3.05) is 5.32 Å². The van der Waals surface area contributed by atoms with Gasteiger partial charge >= 0.3 is 0 Å². The fraction of sp³-hybridized carbons (Fsp3) is 0. The molecule has 0 spiro atoms. The highest BCUT2D eigenvalue weighted by molar-refractivity contribution is 14.1. The van der Waals surface area contributed by atoms with Crippen LogP contribution in [-0.4, -0.2) is 10.8 Å². The molecular formula is C13H7F2IN2O3. The summed E-state index contributed by atoms with van der Waals surface area (Å²) in [5, 5.41) is 13.0. The van der Waals surface area contributed by atoms with Crippen LogP contribution in [0.25, 0.3) is 0 Å². The number of hydrogen-bond acceptors (Lipinski definition) is 3. The first kappa shape index (κ1) is 15.3. The van der Waals surface area contributed by atoms with Gasteiger partial charge in [-0.1, -0.05) is 6.07 Å². The second-order valence-corrected chi connectivity index (χ2v) is 5.13. The minimum Gasteiger partial charge on any atom is -0.314 e. The predicted molar refractivity (Wildman–Crippen MR) is 80.1 cm³/mol. The van der Waals surface area contributed by atoms with Gasteiger partial charge in [0.1, 0.15) is 5.82 Å². The van der Waals surface area contributed by atoms with Crippen molar-refractivity contribution >= 4 is 39.9 Å². The van der Waals surface area contributed by atoms with E-state index in [4.69, 9.17) is 0 Å². The highest BCUT2D eigenvalue weighted by atomic mass is 127. The SMILES string of the molecule is O=C(Nc1c(F)cccc1[N+](=O)[O-])c1ccc(F)cc1I. The van der Waals surface area contributed by atoms with E-state index >= 15 is 0 Å². The fourth-order valence-corrected chi connectivity index (χ4v) is 2.37. The summed E-state index contributed by atoms with van der Waals surface area (Å²) in [6, 6.07) is 6.68. The van der Waals surface area contributed by atoms with Gasteiger partial charge in [0, 0.05) is 9.64 Å².